The topological polar surface area (TPSA) is 21.3 Å². The lowest BCUT2D eigenvalue weighted by Gasteiger charge is -2.07. The van der Waals surface area contributed by atoms with Gasteiger partial charge in [-0.3, -0.25) is 0 Å². The van der Waals surface area contributed by atoms with E-state index in [1.807, 2.05) is 24.3 Å². The highest BCUT2D eigenvalue weighted by molar-refractivity contribution is 5.26. The molecule has 0 saturated carbocycles. The summed E-state index contributed by atoms with van der Waals surface area (Å²) in [7, 11) is 1.61. The molecule has 102 valence electrons. The van der Waals surface area contributed by atoms with Crippen molar-refractivity contribution in [3.8, 4) is 5.75 Å². The Labute approximate surface area is 105 Å². The summed E-state index contributed by atoms with van der Waals surface area (Å²) in [5.41, 5.74) is 1.09. The first kappa shape index (κ1) is 14.8. The van der Waals surface area contributed by atoms with Crippen LogP contribution >= 0.6 is 0 Å². The van der Waals surface area contributed by atoms with Crippen molar-refractivity contribution in [2.45, 2.75) is 32.0 Å². The number of hydrogen-bond acceptors (Lipinski definition) is 2. The normalized spacial score (nSPS) is 11.6. The first-order valence-corrected chi connectivity index (χ1v) is 5.91. The minimum absolute atomic E-state index is 0.180. The molecule has 0 spiro atoms. The molecule has 1 aromatic carbocycles. The van der Waals surface area contributed by atoms with Crippen LogP contribution in [0.25, 0.3) is 0 Å². The van der Waals surface area contributed by atoms with E-state index in [0.29, 0.717) is 19.5 Å². The molecule has 0 aliphatic carbocycles. The first-order chi connectivity index (χ1) is 8.51. The van der Waals surface area contributed by atoms with E-state index in [0.717, 1.165) is 11.3 Å². The molecule has 0 aliphatic heterocycles. The Kier molecular flexibility index (Phi) is 5.98. The molecule has 0 atom stereocenters. The van der Waals surface area contributed by atoms with Gasteiger partial charge >= 0.3 is 6.18 Å². The SMILES string of the molecule is COc1ccc(CNCCCCC(F)(F)F)cc1. The average Bonchev–Trinajstić information content (AvgIpc) is 2.33. The molecule has 0 aliphatic rings. The van der Waals surface area contributed by atoms with Crippen LogP contribution < -0.4 is 10.1 Å². The molecule has 18 heavy (non-hydrogen) atoms. The molecule has 0 saturated heterocycles. The molecule has 0 fully saturated rings. The van der Waals surface area contributed by atoms with Gasteiger partial charge in [0.2, 0.25) is 0 Å². The number of unbranched alkanes of at least 4 members (excludes halogenated alkanes) is 1. The van der Waals surface area contributed by atoms with Gasteiger partial charge in [0.05, 0.1) is 7.11 Å². The second-order valence-electron chi connectivity index (χ2n) is 4.10. The Morgan fingerprint density at radius 2 is 1.78 bits per heavy atom. The van der Waals surface area contributed by atoms with Crippen molar-refractivity contribution in [1.29, 1.82) is 0 Å². The molecule has 0 radical (unpaired) electrons. The third-order valence-corrected chi connectivity index (χ3v) is 2.55. The van der Waals surface area contributed by atoms with Crippen LogP contribution in [0.2, 0.25) is 0 Å². The molecule has 0 aromatic heterocycles. The number of alkyl halides is 3. The lowest BCUT2D eigenvalue weighted by atomic mass is 10.2. The fraction of sp³-hybridized carbons (Fsp3) is 0.538. The van der Waals surface area contributed by atoms with Gasteiger partial charge in [-0.25, -0.2) is 0 Å². The second kappa shape index (κ2) is 7.26. The van der Waals surface area contributed by atoms with E-state index in [-0.39, 0.29) is 6.42 Å². The van der Waals surface area contributed by atoms with Gasteiger partial charge in [0.15, 0.2) is 0 Å². The zero-order valence-corrected chi connectivity index (χ0v) is 10.4. The molecule has 0 amide bonds. The van der Waals surface area contributed by atoms with Crippen molar-refractivity contribution < 1.29 is 17.9 Å². The van der Waals surface area contributed by atoms with Gasteiger partial charge in [-0.05, 0) is 37.1 Å². The smallest absolute Gasteiger partial charge is 0.389 e. The number of nitrogens with one attached hydrogen (secondary N) is 1. The van der Waals surface area contributed by atoms with Crippen LogP contribution in [-0.2, 0) is 6.54 Å². The summed E-state index contributed by atoms with van der Waals surface area (Å²) < 4.78 is 40.6. The fourth-order valence-corrected chi connectivity index (χ4v) is 1.55. The van der Waals surface area contributed by atoms with Crippen molar-refractivity contribution in [1.82, 2.24) is 5.32 Å². The van der Waals surface area contributed by atoms with Crippen LogP contribution in [0.15, 0.2) is 24.3 Å². The molecule has 0 heterocycles. The zero-order chi connectivity index (χ0) is 13.4. The number of halogens is 3. The minimum Gasteiger partial charge on any atom is -0.497 e. The summed E-state index contributed by atoms with van der Waals surface area (Å²) >= 11 is 0. The Hall–Kier alpha value is -1.23. The summed E-state index contributed by atoms with van der Waals surface area (Å²) in [6.45, 7) is 1.26. The van der Waals surface area contributed by atoms with Gasteiger partial charge in [-0.1, -0.05) is 12.1 Å². The van der Waals surface area contributed by atoms with E-state index < -0.39 is 12.6 Å². The van der Waals surface area contributed by atoms with E-state index in [1.54, 1.807) is 7.11 Å². The van der Waals surface area contributed by atoms with Gasteiger partial charge in [-0.15, -0.1) is 0 Å². The maximum Gasteiger partial charge on any atom is 0.389 e. The molecule has 0 unspecified atom stereocenters. The highest BCUT2D eigenvalue weighted by atomic mass is 19.4. The predicted octanol–water partition coefficient (Wildman–Crippen LogP) is 3.52. The molecule has 1 N–H and O–H groups in total. The third kappa shape index (κ3) is 6.49. The van der Waals surface area contributed by atoms with Crippen molar-refractivity contribution in [3.05, 3.63) is 29.8 Å². The van der Waals surface area contributed by atoms with E-state index in [4.69, 9.17) is 4.74 Å². The first-order valence-electron chi connectivity index (χ1n) is 5.91. The van der Waals surface area contributed by atoms with Crippen LogP contribution in [-0.4, -0.2) is 19.8 Å². The van der Waals surface area contributed by atoms with Gasteiger partial charge < -0.3 is 10.1 Å². The summed E-state index contributed by atoms with van der Waals surface area (Å²) in [5.74, 6) is 0.795. The zero-order valence-electron chi connectivity index (χ0n) is 10.4. The monoisotopic (exact) mass is 261 g/mol. The quantitative estimate of drug-likeness (QED) is 0.758. The Morgan fingerprint density at radius 1 is 1.11 bits per heavy atom. The van der Waals surface area contributed by atoms with Gasteiger partial charge in [0.25, 0.3) is 0 Å². The molecule has 1 rings (SSSR count). The number of ether oxygens (including phenoxy) is 1. The predicted molar refractivity (Wildman–Crippen MR) is 64.6 cm³/mol. The molecule has 1 aromatic rings. The third-order valence-electron chi connectivity index (χ3n) is 2.55. The summed E-state index contributed by atoms with van der Waals surface area (Å²) in [4.78, 5) is 0. The average molecular weight is 261 g/mol. The van der Waals surface area contributed by atoms with Crippen LogP contribution in [0.4, 0.5) is 13.2 Å². The highest BCUT2D eigenvalue weighted by Gasteiger charge is 2.25. The summed E-state index contributed by atoms with van der Waals surface area (Å²) in [6.07, 6.45) is -4.01. The molecule has 2 nitrogen and oxygen atoms in total. The minimum atomic E-state index is -4.03. The largest absolute Gasteiger partial charge is 0.497 e. The maximum absolute atomic E-state index is 11.9. The molecular weight excluding hydrogens is 243 g/mol. The molecule has 0 bridgehead atoms. The van der Waals surface area contributed by atoms with Crippen LogP contribution in [0.5, 0.6) is 5.75 Å². The van der Waals surface area contributed by atoms with Gasteiger partial charge in [-0.2, -0.15) is 13.2 Å². The Bertz CT molecular complexity index is 335. The lowest BCUT2D eigenvalue weighted by Crippen LogP contribution is -2.15. The number of rotatable bonds is 7. The van der Waals surface area contributed by atoms with Crippen molar-refractivity contribution in [3.63, 3.8) is 0 Å². The number of benzene rings is 1. The number of methoxy groups -OCH3 is 1. The Balaban J connectivity index is 2.10. The van der Waals surface area contributed by atoms with E-state index in [2.05, 4.69) is 5.32 Å². The van der Waals surface area contributed by atoms with Crippen LogP contribution in [0.3, 0.4) is 0 Å². The van der Waals surface area contributed by atoms with Crippen molar-refractivity contribution in [2.24, 2.45) is 0 Å². The maximum atomic E-state index is 11.9. The van der Waals surface area contributed by atoms with Crippen molar-refractivity contribution in [2.75, 3.05) is 13.7 Å². The molecule has 5 heteroatoms. The standard InChI is InChI=1S/C13H18F3NO/c1-18-12-6-4-11(5-7-12)10-17-9-3-2-8-13(14,15)16/h4-7,17H,2-3,8-10H2,1H3. The lowest BCUT2D eigenvalue weighted by molar-refractivity contribution is -0.135. The van der Waals surface area contributed by atoms with E-state index in [1.165, 1.54) is 0 Å². The van der Waals surface area contributed by atoms with E-state index >= 15 is 0 Å². The van der Waals surface area contributed by atoms with Crippen LogP contribution in [0.1, 0.15) is 24.8 Å². The fourth-order valence-electron chi connectivity index (χ4n) is 1.55. The molecular formula is C13H18F3NO. The van der Waals surface area contributed by atoms with Gasteiger partial charge in [0.1, 0.15) is 5.75 Å². The van der Waals surface area contributed by atoms with Gasteiger partial charge in [0, 0.05) is 13.0 Å². The summed E-state index contributed by atoms with van der Waals surface area (Å²) in [6, 6.07) is 7.59. The summed E-state index contributed by atoms with van der Waals surface area (Å²) in [5, 5.41) is 3.12. The van der Waals surface area contributed by atoms with Crippen molar-refractivity contribution >= 4 is 0 Å². The van der Waals surface area contributed by atoms with Crippen LogP contribution in [0, 0.1) is 0 Å². The second-order valence-corrected chi connectivity index (χ2v) is 4.10. The van der Waals surface area contributed by atoms with E-state index in [9.17, 15) is 13.2 Å². The number of hydrogen-bond donors (Lipinski definition) is 1. The Morgan fingerprint density at radius 3 is 2.33 bits per heavy atom. The highest BCUT2D eigenvalue weighted by Crippen LogP contribution is 2.21.